The summed E-state index contributed by atoms with van der Waals surface area (Å²) in [6, 6.07) is 12.3. The number of hydrogen-bond donors (Lipinski definition) is 0. The Morgan fingerprint density at radius 2 is 1.83 bits per heavy atom. The van der Waals surface area contributed by atoms with Crippen LogP contribution in [-0.4, -0.2) is 23.0 Å². The van der Waals surface area contributed by atoms with Gasteiger partial charge in [-0.15, -0.1) is 9.20 Å². The number of halogens is 3. The second-order valence-corrected chi connectivity index (χ2v) is 6.06. The van der Waals surface area contributed by atoms with Crippen LogP contribution in [0.2, 0.25) is 0 Å². The zero-order chi connectivity index (χ0) is 18.1. The Hall–Kier alpha value is -2.64. The molecule has 0 aliphatic carbocycles. The van der Waals surface area contributed by atoms with Crippen LogP contribution in [0.5, 0.6) is 0 Å². The van der Waals surface area contributed by atoms with Crippen LogP contribution in [0.15, 0.2) is 36.5 Å². The summed E-state index contributed by atoms with van der Waals surface area (Å²) in [4.78, 5) is 0. The Bertz CT molecular complexity index is 1100. The number of fused-ring (bicyclic) bond motifs is 3. The molecule has 0 N–H and O–H groups in total. The van der Waals surface area contributed by atoms with Crippen molar-refractivity contribution in [1.29, 1.82) is 5.26 Å². The number of alkyl halides is 3. The van der Waals surface area contributed by atoms with Crippen LogP contribution in [0.4, 0.5) is 13.2 Å². The first kappa shape index (κ1) is 17.7. The average molecular weight is 357 g/mol. The molecule has 0 bridgehead atoms. The fourth-order valence-electron chi connectivity index (χ4n) is 2.23. The van der Waals surface area contributed by atoms with Crippen LogP contribution in [0.25, 0.3) is 22.5 Å². The van der Waals surface area contributed by atoms with Crippen LogP contribution in [0, 0.1) is 11.3 Å². The molecule has 3 aromatic rings. The summed E-state index contributed by atoms with van der Waals surface area (Å²) < 4.78 is 63.0. The van der Waals surface area contributed by atoms with E-state index in [1.54, 1.807) is 6.08 Å². The topological polar surface area (TPSA) is 89.3 Å². The predicted molar refractivity (Wildman–Crippen MR) is 77.1 cm³/mol. The molecule has 1 aromatic carbocycles. The maximum absolute atomic E-state index is 10.7. The minimum atomic E-state index is -6.09. The van der Waals surface area contributed by atoms with Gasteiger partial charge in [0.25, 0.3) is 0 Å². The zero-order valence-electron chi connectivity index (χ0n) is 12.1. The Labute approximate surface area is 134 Å². The molecular formula is C14H10F3N3O3S. The number of para-hydroxylation sites is 1. The third-order valence-corrected chi connectivity index (χ3v) is 3.75. The fraction of sp³-hybridized carbons (Fsp3) is 0.143. The van der Waals surface area contributed by atoms with Gasteiger partial charge in [-0.05, 0) is 6.07 Å². The highest BCUT2D eigenvalue weighted by Gasteiger charge is 2.36. The fourth-order valence-corrected chi connectivity index (χ4v) is 2.23. The summed E-state index contributed by atoms with van der Waals surface area (Å²) in [6.45, 7) is 0. The van der Waals surface area contributed by atoms with Crippen LogP contribution in [0.3, 0.4) is 0 Å². The van der Waals surface area contributed by atoms with E-state index < -0.39 is 15.6 Å². The first-order chi connectivity index (χ1) is 11.1. The largest absolute Gasteiger partial charge is 0.741 e. The minimum absolute atomic E-state index is 0.999. The summed E-state index contributed by atoms with van der Waals surface area (Å²) in [5, 5.41) is 11.0. The molecule has 0 spiro atoms. The second-order valence-electron chi connectivity index (χ2n) is 4.69. The van der Waals surface area contributed by atoms with Crippen molar-refractivity contribution in [1.82, 2.24) is 4.52 Å². The third kappa shape index (κ3) is 3.17. The standard InChI is InChI=1S/C13H10N3.CHF3O3S/c1-15-9-7-13-11(6-8-14)10-4-2-3-5-12(10)16(13)15;2-1(3,4)8(5,6)7/h2-7,9H,1H3;(H,5,6,7)/q+1;/p-1/b11-6-;. The number of benzene rings is 1. The van der Waals surface area contributed by atoms with Crippen molar-refractivity contribution < 1.29 is 30.8 Å². The molecule has 0 atom stereocenters. The molecule has 10 heteroatoms. The van der Waals surface area contributed by atoms with Crippen molar-refractivity contribution in [2.45, 2.75) is 5.51 Å². The summed E-state index contributed by atoms with van der Waals surface area (Å²) in [7, 11) is -4.09. The van der Waals surface area contributed by atoms with Crippen LogP contribution >= 0.6 is 0 Å². The quantitative estimate of drug-likeness (QED) is 0.341. The lowest BCUT2D eigenvalue weighted by molar-refractivity contribution is -0.735. The molecule has 6 nitrogen and oxygen atoms in total. The molecule has 2 aromatic heterocycles. The van der Waals surface area contributed by atoms with Crippen LogP contribution in [-0.2, 0) is 17.2 Å². The summed E-state index contributed by atoms with van der Waals surface area (Å²) in [6.07, 6.45) is 3.61. The molecule has 126 valence electrons. The molecule has 2 heterocycles. The molecule has 24 heavy (non-hydrogen) atoms. The van der Waals surface area contributed by atoms with Gasteiger partial charge in [0, 0.05) is 22.7 Å². The average Bonchev–Trinajstić information content (AvgIpc) is 2.98. The molecule has 0 unspecified atom stereocenters. The van der Waals surface area contributed by atoms with Crippen molar-refractivity contribution in [3.63, 3.8) is 0 Å². The molecule has 3 rings (SSSR count). The second kappa shape index (κ2) is 6.10. The van der Waals surface area contributed by atoms with E-state index in [9.17, 15) is 13.2 Å². The molecule has 0 radical (unpaired) electrons. The van der Waals surface area contributed by atoms with E-state index in [2.05, 4.69) is 16.7 Å². The predicted octanol–water partition coefficient (Wildman–Crippen LogP) is 0.991. The lowest BCUT2D eigenvalue weighted by Gasteiger charge is -2.08. The Morgan fingerprint density at radius 3 is 2.38 bits per heavy atom. The van der Waals surface area contributed by atoms with Gasteiger partial charge in [0.2, 0.25) is 0 Å². The van der Waals surface area contributed by atoms with E-state index in [1.165, 1.54) is 0 Å². The van der Waals surface area contributed by atoms with Gasteiger partial charge in [0.1, 0.15) is 11.0 Å². The van der Waals surface area contributed by atoms with Crippen molar-refractivity contribution in [2.24, 2.45) is 7.05 Å². The Kier molecular flexibility index (Phi) is 4.50. The van der Waals surface area contributed by atoms with E-state index in [1.807, 2.05) is 42.2 Å². The number of hydrogen-bond acceptors (Lipinski definition) is 4. The van der Waals surface area contributed by atoms with Crippen molar-refractivity contribution in [2.75, 3.05) is 0 Å². The van der Waals surface area contributed by atoms with E-state index in [-0.39, 0.29) is 0 Å². The lowest BCUT2D eigenvalue weighted by Crippen LogP contribution is -2.33. The molecule has 0 saturated heterocycles. The lowest BCUT2D eigenvalue weighted by atomic mass is 10.2. The van der Waals surface area contributed by atoms with Gasteiger partial charge < -0.3 is 4.55 Å². The van der Waals surface area contributed by atoms with E-state index in [0.29, 0.717) is 0 Å². The normalized spacial score (nSPS) is 12.9. The van der Waals surface area contributed by atoms with E-state index in [4.69, 9.17) is 18.2 Å². The van der Waals surface area contributed by atoms with Crippen molar-refractivity contribution >= 4 is 32.6 Å². The molecular weight excluding hydrogens is 347 g/mol. The molecule has 0 fully saturated rings. The SMILES string of the molecule is C[n+]1ccc2/c(=C\C#N)c3ccccc3n21.O=S(=O)([O-])C(F)(F)F. The van der Waals surface area contributed by atoms with E-state index in [0.717, 1.165) is 21.6 Å². The third-order valence-electron chi connectivity index (χ3n) is 3.18. The molecule has 0 aliphatic rings. The maximum Gasteiger partial charge on any atom is 0.485 e. The van der Waals surface area contributed by atoms with Gasteiger partial charge in [-0.25, -0.2) is 8.42 Å². The van der Waals surface area contributed by atoms with Gasteiger partial charge >= 0.3 is 5.51 Å². The van der Waals surface area contributed by atoms with Crippen molar-refractivity contribution in [3.8, 4) is 6.07 Å². The highest BCUT2D eigenvalue weighted by molar-refractivity contribution is 7.86. The smallest absolute Gasteiger partial charge is 0.485 e. The highest BCUT2D eigenvalue weighted by atomic mass is 32.2. The van der Waals surface area contributed by atoms with Crippen LogP contribution in [0.1, 0.15) is 0 Å². The first-order valence-electron chi connectivity index (χ1n) is 6.37. The van der Waals surface area contributed by atoms with Gasteiger partial charge in [-0.3, -0.25) is 0 Å². The molecule has 0 saturated carbocycles. The zero-order valence-corrected chi connectivity index (χ0v) is 13.0. The number of rotatable bonds is 0. The number of nitriles is 1. The number of aryl methyl sites for hydroxylation is 1. The summed E-state index contributed by atoms with van der Waals surface area (Å²) >= 11 is 0. The molecule has 0 amide bonds. The highest BCUT2D eigenvalue weighted by Crippen LogP contribution is 2.20. The van der Waals surface area contributed by atoms with E-state index >= 15 is 0 Å². The molecule has 0 aliphatic heterocycles. The maximum atomic E-state index is 10.7. The first-order valence-corrected chi connectivity index (χ1v) is 7.78. The Morgan fingerprint density at radius 1 is 1.25 bits per heavy atom. The minimum Gasteiger partial charge on any atom is -0.741 e. The van der Waals surface area contributed by atoms with Gasteiger partial charge in [0.15, 0.2) is 23.4 Å². The summed E-state index contributed by atoms with van der Waals surface area (Å²) in [5.74, 6) is 0. The van der Waals surface area contributed by atoms with Gasteiger partial charge in [-0.2, -0.15) is 18.4 Å². The van der Waals surface area contributed by atoms with Gasteiger partial charge in [-0.1, -0.05) is 18.2 Å². The summed E-state index contributed by atoms with van der Waals surface area (Å²) in [5.41, 5.74) is -3.44. The number of nitrogens with zero attached hydrogens (tertiary/aromatic N) is 3. The number of aromatic nitrogens is 2. The monoisotopic (exact) mass is 357 g/mol. The van der Waals surface area contributed by atoms with Gasteiger partial charge in [0.05, 0.1) is 6.07 Å². The Balaban J connectivity index is 0.000000224. The van der Waals surface area contributed by atoms with Crippen LogP contribution < -0.4 is 9.90 Å². The van der Waals surface area contributed by atoms with Crippen molar-refractivity contribution in [3.05, 3.63) is 41.7 Å².